The van der Waals surface area contributed by atoms with Crippen LogP contribution in [0, 0.1) is 24.2 Å². The number of ketones is 1. The SMILES string of the molecule is CC(=CCc1c(O)c(Cl)c(C)c(C=O)c1O)[C@H](O)C[C@]1(C)[C@@H](C)CCC(=O)[C@@H]1C. The van der Waals surface area contributed by atoms with E-state index in [4.69, 9.17) is 11.6 Å². The number of halogens is 1. The lowest BCUT2D eigenvalue weighted by molar-refractivity contribution is -0.133. The van der Waals surface area contributed by atoms with Gasteiger partial charge in [0.05, 0.1) is 16.7 Å². The Balaban J connectivity index is 2.25. The molecule has 29 heavy (non-hydrogen) atoms. The second-order valence-corrected chi connectivity index (χ2v) is 9.03. The molecule has 5 nitrogen and oxygen atoms in total. The average Bonchev–Trinajstić information content (AvgIpc) is 2.68. The summed E-state index contributed by atoms with van der Waals surface area (Å²) in [4.78, 5) is 23.5. The highest BCUT2D eigenvalue weighted by atomic mass is 35.5. The summed E-state index contributed by atoms with van der Waals surface area (Å²) < 4.78 is 0. The Bertz CT molecular complexity index is 844. The van der Waals surface area contributed by atoms with Crippen LogP contribution >= 0.6 is 11.6 Å². The molecule has 3 N–H and O–H groups in total. The van der Waals surface area contributed by atoms with Crippen molar-refractivity contribution in [3.05, 3.63) is 33.4 Å². The molecule has 2 rings (SSSR count). The van der Waals surface area contributed by atoms with Gasteiger partial charge in [-0.2, -0.15) is 0 Å². The minimum Gasteiger partial charge on any atom is -0.507 e. The fourth-order valence-electron chi connectivity index (χ4n) is 4.27. The summed E-state index contributed by atoms with van der Waals surface area (Å²) >= 11 is 6.09. The first-order valence-corrected chi connectivity index (χ1v) is 10.4. The third kappa shape index (κ3) is 4.36. The van der Waals surface area contributed by atoms with Crippen LogP contribution in [0.5, 0.6) is 11.5 Å². The summed E-state index contributed by atoms with van der Waals surface area (Å²) in [6, 6.07) is 0. The number of aromatic hydroxyl groups is 2. The number of hydrogen-bond donors (Lipinski definition) is 3. The minimum absolute atomic E-state index is 0.0300. The molecule has 1 aromatic carbocycles. The topological polar surface area (TPSA) is 94.8 Å². The van der Waals surface area contributed by atoms with Crippen molar-refractivity contribution >= 4 is 23.7 Å². The number of phenols is 2. The molecule has 0 unspecified atom stereocenters. The second kappa shape index (κ2) is 8.88. The molecule has 1 saturated carbocycles. The van der Waals surface area contributed by atoms with Crippen molar-refractivity contribution in [1.29, 1.82) is 0 Å². The van der Waals surface area contributed by atoms with Crippen LogP contribution in [-0.4, -0.2) is 33.5 Å². The minimum atomic E-state index is -0.758. The summed E-state index contributed by atoms with van der Waals surface area (Å²) in [5, 5.41) is 31.5. The van der Waals surface area contributed by atoms with Gasteiger partial charge in [-0.3, -0.25) is 9.59 Å². The number of aldehydes is 1. The summed E-state index contributed by atoms with van der Waals surface area (Å²) in [5.41, 5.74) is 0.887. The molecule has 1 fully saturated rings. The van der Waals surface area contributed by atoms with Crippen LogP contribution in [0.15, 0.2) is 11.6 Å². The van der Waals surface area contributed by atoms with Gasteiger partial charge in [0.15, 0.2) is 6.29 Å². The highest BCUT2D eigenvalue weighted by molar-refractivity contribution is 6.33. The lowest BCUT2D eigenvalue weighted by atomic mass is 9.59. The molecule has 0 spiro atoms. The molecule has 0 bridgehead atoms. The number of phenolic OH excluding ortho intramolecular Hbond substituents is 2. The van der Waals surface area contributed by atoms with Crippen LogP contribution in [0.2, 0.25) is 5.02 Å². The third-order valence-electron chi connectivity index (χ3n) is 7.09. The fraction of sp³-hybridized carbons (Fsp3) is 0.565. The number of carbonyl (C=O) groups is 2. The standard InChI is InChI=1S/C23H31ClO5/c1-12(19(27)10-23(5)13(2)7-9-18(26)15(23)4)6-8-16-21(28)17(11-25)14(3)20(24)22(16)29/h6,11,13,15,19,27-29H,7-10H2,1-5H3/t13-,15-,19+,23+/m0/s1. The molecule has 1 aromatic rings. The molecule has 1 aliphatic carbocycles. The lowest BCUT2D eigenvalue weighted by Gasteiger charge is -2.45. The Morgan fingerprint density at radius 1 is 1.31 bits per heavy atom. The fourth-order valence-corrected chi connectivity index (χ4v) is 4.49. The van der Waals surface area contributed by atoms with E-state index < -0.39 is 6.10 Å². The van der Waals surface area contributed by atoms with Gasteiger partial charge in [-0.15, -0.1) is 0 Å². The van der Waals surface area contributed by atoms with Gasteiger partial charge in [0.25, 0.3) is 0 Å². The van der Waals surface area contributed by atoms with Crippen molar-refractivity contribution in [2.24, 2.45) is 17.3 Å². The van der Waals surface area contributed by atoms with Crippen molar-refractivity contribution in [3.8, 4) is 11.5 Å². The number of hydrogen-bond acceptors (Lipinski definition) is 5. The third-order valence-corrected chi connectivity index (χ3v) is 7.56. The number of carbonyl (C=O) groups excluding carboxylic acids is 2. The molecule has 4 atom stereocenters. The number of Topliss-reactive ketones (excluding diaryl/α,β-unsaturated/α-hetero) is 1. The largest absolute Gasteiger partial charge is 0.507 e. The molecule has 0 amide bonds. The van der Waals surface area contributed by atoms with E-state index in [2.05, 4.69) is 13.8 Å². The van der Waals surface area contributed by atoms with E-state index in [1.54, 1.807) is 19.9 Å². The zero-order valence-electron chi connectivity index (χ0n) is 17.8. The number of allylic oxidation sites excluding steroid dienone is 1. The molecular weight excluding hydrogens is 392 g/mol. The summed E-state index contributed by atoms with van der Waals surface area (Å²) in [5.74, 6) is -0.127. The predicted octanol–water partition coefficient (Wildman–Crippen LogP) is 4.75. The summed E-state index contributed by atoms with van der Waals surface area (Å²) in [6.07, 6.45) is 3.45. The van der Waals surface area contributed by atoms with Gasteiger partial charge >= 0.3 is 0 Å². The molecule has 0 heterocycles. The zero-order chi connectivity index (χ0) is 22.1. The number of benzene rings is 1. The van der Waals surface area contributed by atoms with Crippen LogP contribution < -0.4 is 0 Å². The summed E-state index contributed by atoms with van der Waals surface area (Å²) in [7, 11) is 0. The van der Waals surface area contributed by atoms with Gasteiger partial charge in [-0.1, -0.05) is 38.4 Å². The van der Waals surface area contributed by atoms with Crippen LogP contribution in [0.25, 0.3) is 0 Å². The van der Waals surface area contributed by atoms with E-state index in [0.717, 1.165) is 6.42 Å². The maximum absolute atomic E-state index is 12.2. The predicted molar refractivity (Wildman–Crippen MR) is 114 cm³/mol. The lowest BCUT2D eigenvalue weighted by Crippen LogP contribution is -2.43. The summed E-state index contributed by atoms with van der Waals surface area (Å²) in [6.45, 7) is 9.45. The van der Waals surface area contributed by atoms with E-state index in [1.807, 2.05) is 6.92 Å². The van der Waals surface area contributed by atoms with Gasteiger partial charge in [0, 0.05) is 17.9 Å². The molecular formula is C23H31ClO5. The van der Waals surface area contributed by atoms with Gasteiger partial charge in [0.2, 0.25) is 0 Å². The van der Waals surface area contributed by atoms with Crippen LogP contribution in [0.4, 0.5) is 0 Å². The first kappa shape index (κ1) is 23.4. The van der Waals surface area contributed by atoms with E-state index in [-0.39, 0.29) is 51.2 Å². The van der Waals surface area contributed by atoms with Crippen molar-refractivity contribution in [1.82, 2.24) is 0 Å². The van der Waals surface area contributed by atoms with Crippen LogP contribution in [0.1, 0.15) is 68.4 Å². The van der Waals surface area contributed by atoms with E-state index in [9.17, 15) is 24.9 Å². The Hall–Kier alpha value is -1.85. The average molecular weight is 423 g/mol. The molecule has 0 saturated heterocycles. The smallest absolute Gasteiger partial charge is 0.154 e. The Morgan fingerprint density at radius 3 is 2.52 bits per heavy atom. The first-order valence-electron chi connectivity index (χ1n) is 10.0. The van der Waals surface area contributed by atoms with E-state index >= 15 is 0 Å². The van der Waals surface area contributed by atoms with Crippen molar-refractivity contribution in [2.75, 3.05) is 0 Å². The Kier molecular flexibility index (Phi) is 7.18. The highest BCUT2D eigenvalue weighted by Crippen LogP contribution is 2.47. The second-order valence-electron chi connectivity index (χ2n) is 8.65. The molecule has 0 radical (unpaired) electrons. The molecule has 0 aromatic heterocycles. The number of aliphatic hydroxyl groups excluding tert-OH is 1. The maximum Gasteiger partial charge on any atom is 0.154 e. The molecule has 6 heteroatoms. The van der Waals surface area contributed by atoms with Gasteiger partial charge in [0.1, 0.15) is 17.3 Å². The highest BCUT2D eigenvalue weighted by Gasteiger charge is 2.44. The van der Waals surface area contributed by atoms with Crippen molar-refractivity contribution < 1.29 is 24.9 Å². The van der Waals surface area contributed by atoms with Gasteiger partial charge in [-0.25, -0.2) is 0 Å². The van der Waals surface area contributed by atoms with Gasteiger partial charge in [-0.05, 0) is 55.6 Å². The number of aliphatic hydroxyl groups is 1. The van der Waals surface area contributed by atoms with E-state index in [1.165, 1.54) is 0 Å². The monoisotopic (exact) mass is 422 g/mol. The molecule has 0 aliphatic heterocycles. The molecule has 1 aliphatic rings. The van der Waals surface area contributed by atoms with Crippen LogP contribution in [-0.2, 0) is 11.2 Å². The Morgan fingerprint density at radius 2 is 1.93 bits per heavy atom. The van der Waals surface area contributed by atoms with Crippen molar-refractivity contribution in [3.63, 3.8) is 0 Å². The zero-order valence-corrected chi connectivity index (χ0v) is 18.5. The first-order chi connectivity index (χ1) is 13.5. The maximum atomic E-state index is 12.2. The Labute approximate surface area is 177 Å². The van der Waals surface area contributed by atoms with Gasteiger partial charge < -0.3 is 15.3 Å². The quantitative estimate of drug-likeness (QED) is 0.454. The van der Waals surface area contributed by atoms with Crippen molar-refractivity contribution in [2.45, 2.75) is 66.4 Å². The number of rotatable bonds is 6. The molecule has 160 valence electrons. The van der Waals surface area contributed by atoms with E-state index in [0.29, 0.717) is 36.2 Å². The normalized spacial score (nSPS) is 26.4. The van der Waals surface area contributed by atoms with Crippen LogP contribution in [0.3, 0.4) is 0 Å².